The van der Waals surface area contributed by atoms with Crippen molar-refractivity contribution in [3.05, 3.63) is 75.0 Å². The summed E-state index contributed by atoms with van der Waals surface area (Å²) >= 11 is 5.00. The highest BCUT2D eigenvalue weighted by atomic mass is 79.9. The second-order valence-corrected chi connectivity index (χ2v) is 8.40. The lowest BCUT2D eigenvalue weighted by Crippen LogP contribution is -2.21. The molecule has 0 saturated carbocycles. The largest absolute Gasteiger partial charge is 0.440 e. The predicted molar refractivity (Wildman–Crippen MR) is 115 cm³/mol. The fraction of sp³-hybridized carbons (Fsp3) is 0.143. The predicted octanol–water partition coefficient (Wildman–Crippen LogP) is 4.86. The molecule has 7 heteroatoms. The zero-order chi connectivity index (χ0) is 19.8. The Kier molecular flexibility index (Phi) is 4.84. The van der Waals surface area contributed by atoms with Crippen LogP contribution in [0.3, 0.4) is 0 Å². The minimum Gasteiger partial charge on any atom is -0.440 e. The van der Waals surface area contributed by atoms with Crippen LogP contribution in [0.15, 0.2) is 63.8 Å². The van der Waals surface area contributed by atoms with Crippen molar-refractivity contribution in [2.45, 2.75) is 5.92 Å². The van der Waals surface area contributed by atoms with Crippen molar-refractivity contribution in [2.75, 3.05) is 19.0 Å². The lowest BCUT2D eigenvalue weighted by molar-refractivity contribution is 0.393. The van der Waals surface area contributed by atoms with Gasteiger partial charge >= 0.3 is 0 Å². The number of hydrogen-bond donors (Lipinski definition) is 1. The Hall–Kier alpha value is -2.82. The topological polar surface area (TPSA) is 75.2 Å². The summed E-state index contributed by atoms with van der Waals surface area (Å²) in [6.45, 7) is 0. The Bertz CT molecular complexity index is 1110. The smallest absolute Gasteiger partial charge is 0.205 e. The Morgan fingerprint density at radius 1 is 1.21 bits per heavy atom. The minimum absolute atomic E-state index is 0.133. The van der Waals surface area contributed by atoms with Crippen LogP contribution in [0, 0.1) is 11.3 Å². The maximum Gasteiger partial charge on any atom is 0.205 e. The molecule has 5 nitrogen and oxygen atoms in total. The number of halogens is 1. The lowest BCUT2D eigenvalue weighted by Gasteiger charge is -2.26. The van der Waals surface area contributed by atoms with Crippen LogP contribution in [0.5, 0.6) is 5.75 Å². The van der Waals surface area contributed by atoms with Gasteiger partial charge in [0.15, 0.2) is 0 Å². The number of anilines is 1. The average molecular weight is 453 g/mol. The van der Waals surface area contributed by atoms with E-state index in [1.165, 1.54) is 0 Å². The number of benzene rings is 2. The van der Waals surface area contributed by atoms with Gasteiger partial charge in [0.05, 0.1) is 11.6 Å². The van der Waals surface area contributed by atoms with Gasteiger partial charge in [-0.15, -0.1) is 11.3 Å². The van der Waals surface area contributed by atoms with E-state index in [2.05, 4.69) is 22.0 Å². The van der Waals surface area contributed by atoms with E-state index in [4.69, 9.17) is 15.5 Å². The molecule has 0 bridgehead atoms. The first-order valence-corrected chi connectivity index (χ1v) is 10.3. The molecule has 0 saturated heterocycles. The van der Waals surface area contributed by atoms with E-state index in [0.29, 0.717) is 11.3 Å². The van der Waals surface area contributed by atoms with Crippen LogP contribution in [0.25, 0.3) is 10.6 Å². The van der Waals surface area contributed by atoms with Crippen LogP contribution in [0.4, 0.5) is 5.69 Å². The first-order chi connectivity index (χ1) is 13.5. The molecule has 4 rings (SSSR count). The summed E-state index contributed by atoms with van der Waals surface area (Å²) in [7, 11) is 3.93. The summed E-state index contributed by atoms with van der Waals surface area (Å²) in [5.74, 6) is 0.449. The molecule has 0 spiro atoms. The number of thiazole rings is 1. The SMILES string of the molecule is CN(C)c1ccc2c(c1)OC(N)=C(C#N)C2c1csc(-c2ccc(Br)cc2)n1. The molecule has 28 heavy (non-hydrogen) atoms. The number of nitrogens with two attached hydrogens (primary N) is 1. The second kappa shape index (κ2) is 7.30. The van der Waals surface area contributed by atoms with E-state index < -0.39 is 0 Å². The number of hydrogen-bond acceptors (Lipinski definition) is 6. The van der Waals surface area contributed by atoms with Crippen LogP contribution in [-0.4, -0.2) is 19.1 Å². The van der Waals surface area contributed by atoms with Crippen molar-refractivity contribution < 1.29 is 4.74 Å². The molecular formula is C21H17BrN4OS. The van der Waals surface area contributed by atoms with Gasteiger partial charge in [-0.25, -0.2) is 4.98 Å². The number of nitrogens with zero attached hydrogens (tertiary/aromatic N) is 3. The zero-order valence-electron chi connectivity index (χ0n) is 15.3. The van der Waals surface area contributed by atoms with E-state index in [9.17, 15) is 5.26 Å². The number of fused-ring (bicyclic) bond motifs is 1. The quantitative estimate of drug-likeness (QED) is 0.613. The van der Waals surface area contributed by atoms with Crippen molar-refractivity contribution in [3.8, 4) is 22.4 Å². The van der Waals surface area contributed by atoms with Gasteiger partial charge in [0.25, 0.3) is 0 Å². The molecule has 0 fully saturated rings. The Morgan fingerprint density at radius 2 is 1.96 bits per heavy atom. The number of ether oxygens (including phenoxy) is 1. The molecule has 1 atom stereocenters. The van der Waals surface area contributed by atoms with Crippen LogP contribution in [0.1, 0.15) is 17.2 Å². The standard InChI is InChI=1S/C21H17BrN4OS/c1-26(2)14-7-8-15-18(9-14)27-20(24)16(10-23)19(15)17-11-28-21(25-17)12-3-5-13(22)6-4-12/h3-9,11,19H,24H2,1-2H3. The summed E-state index contributed by atoms with van der Waals surface area (Å²) < 4.78 is 6.78. The van der Waals surface area contributed by atoms with Crippen molar-refractivity contribution in [3.63, 3.8) is 0 Å². The molecule has 140 valence electrons. The summed E-state index contributed by atoms with van der Waals surface area (Å²) in [6, 6.07) is 16.2. The van der Waals surface area contributed by atoms with E-state index in [-0.39, 0.29) is 11.8 Å². The van der Waals surface area contributed by atoms with E-state index >= 15 is 0 Å². The van der Waals surface area contributed by atoms with Crippen LogP contribution in [0.2, 0.25) is 0 Å². The van der Waals surface area contributed by atoms with Crippen molar-refractivity contribution in [2.24, 2.45) is 5.73 Å². The average Bonchev–Trinajstić information content (AvgIpc) is 3.16. The third kappa shape index (κ3) is 3.26. The van der Waals surface area contributed by atoms with Gasteiger partial charge in [0.2, 0.25) is 5.88 Å². The van der Waals surface area contributed by atoms with Gasteiger partial charge in [-0.05, 0) is 18.2 Å². The van der Waals surface area contributed by atoms with Gasteiger partial charge in [0.1, 0.15) is 22.4 Å². The molecular weight excluding hydrogens is 436 g/mol. The van der Waals surface area contributed by atoms with Gasteiger partial charge in [0, 0.05) is 46.8 Å². The Labute approximate surface area is 175 Å². The molecule has 2 aromatic carbocycles. The Balaban J connectivity index is 1.80. The molecule has 2 heterocycles. The summed E-state index contributed by atoms with van der Waals surface area (Å²) in [4.78, 5) is 6.81. The first-order valence-electron chi connectivity index (χ1n) is 8.58. The molecule has 1 aliphatic heterocycles. The second-order valence-electron chi connectivity index (χ2n) is 6.63. The monoisotopic (exact) mass is 452 g/mol. The van der Waals surface area contributed by atoms with Gasteiger partial charge < -0.3 is 15.4 Å². The normalized spacial score (nSPS) is 15.6. The van der Waals surface area contributed by atoms with Crippen LogP contribution >= 0.6 is 27.3 Å². The summed E-state index contributed by atoms with van der Waals surface area (Å²) in [5, 5.41) is 12.6. The number of nitriles is 1. The molecule has 1 unspecified atom stereocenters. The van der Waals surface area contributed by atoms with Gasteiger partial charge in [-0.3, -0.25) is 0 Å². The molecule has 2 N–H and O–H groups in total. The molecule has 0 aliphatic carbocycles. The molecule has 1 aromatic heterocycles. The molecule has 0 amide bonds. The maximum atomic E-state index is 9.71. The molecule has 3 aromatic rings. The highest BCUT2D eigenvalue weighted by molar-refractivity contribution is 9.10. The summed E-state index contributed by atoms with van der Waals surface area (Å²) in [6.07, 6.45) is 0. The zero-order valence-corrected chi connectivity index (χ0v) is 17.7. The summed E-state index contributed by atoms with van der Waals surface area (Å²) in [5.41, 5.74) is 10.2. The highest BCUT2D eigenvalue weighted by Crippen LogP contribution is 2.44. The van der Waals surface area contributed by atoms with Crippen molar-refractivity contribution >= 4 is 33.0 Å². The van der Waals surface area contributed by atoms with Gasteiger partial charge in [-0.1, -0.05) is 34.1 Å². The first kappa shape index (κ1) is 18.5. The van der Waals surface area contributed by atoms with Gasteiger partial charge in [-0.2, -0.15) is 5.26 Å². The van der Waals surface area contributed by atoms with Crippen molar-refractivity contribution in [1.82, 2.24) is 4.98 Å². The third-order valence-corrected chi connectivity index (χ3v) is 6.07. The molecule has 1 aliphatic rings. The van der Waals surface area contributed by atoms with E-state index in [0.717, 1.165) is 32.0 Å². The minimum atomic E-state index is -0.342. The Morgan fingerprint density at radius 3 is 2.64 bits per heavy atom. The fourth-order valence-electron chi connectivity index (χ4n) is 3.17. The van der Waals surface area contributed by atoms with Crippen molar-refractivity contribution in [1.29, 1.82) is 5.26 Å². The maximum absolute atomic E-state index is 9.71. The van der Waals surface area contributed by atoms with E-state index in [1.54, 1.807) is 11.3 Å². The number of allylic oxidation sites excluding steroid dienone is 1. The van der Waals surface area contributed by atoms with E-state index in [1.807, 2.05) is 66.8 Å². The fourth-order valence-corrected chi connectivity index (χ4v) is 4.29. The molecule has 0 radical (unpaired) electrons. The highest BCUT2D eigenvalue weighted by Gasteiger charge is 2.32. The number of rotatable bonds is 3. The number of aromatic nitrogens is 1. The van der Waals surface area contributed by atoms with Crippen LogP contribution < -0.4 is 15.4 Å². The van der Waals surface area contributed by atoms with Crippen LogP contribution in [-0.2, 0) is 0 Å². The lowest BCUT2D eigenvalue weighted by atomic mass is 9.87. The third-order valence-electron chi connectivity index (χ3n) is 4.63.